The highest BCUT2D eigenvalue weighted by atomic mass is 35.5. The number of hydrogen-bond donors (Lipinski definition) is 1. The van der Waals surface area contributed by atoms with Crippen LogP contribution in [0.25, 0.3) is 0 Å². The fraction of sp³-hybridized carbons (Fsp3) is 0.538. The van der Waals surface area contributed by atoms with E-state index in [0.717, 1.165) is 24.5 Å². The standard InChI is InChI=1S/C13H21ClN2/c1-13(2,15)8-9-16(3)10-11-6-4-5-7-12(11)14/h4-7H,8-10,15H2,1-3H3. The van der Waals surface area contributed by atoms with Crippen LogP contribution in [0, 0.1) is 0 Å². The molecule has 1 aromatic rings. The molecule has 0 saturated carbocycles. The van der Waals surface area contributed by atoms with E-state index < -0.39 is 0 Å². The molecule has 0 aliphatic heterocycles. The van der Waals surface area contributed by atoms with Crippen molar-refractivity contribution in [1.29, 1.82) is 0 Å². The van der Waals surface area contributed by atoms with Crippen LogP contribution in [0.4, 0.5) is 0 Å². The van der Waals surface area contributed by atoms with E-state index in [-0.39, 0.29) is 5.54 Å². The Balaban J connectivity index is 2.46. The van der Waals surface area contributed by atoms with E-state index in [2.05, 4.69) is 31.9 Å². The summed E-state index contributed by atoms with van der Waals surface area (Å²) < 4.78 is 0. The molecule has 0 aliphatic carbocycles. The second-order valence-electron chi connectivity index (χ2n) is 5.07. The SMILES string of the molecule is CN(CCC(C)(C)N)Cc1ccccc1Cl. The van der Waals surface area contributed by atoms with Gasteiger partial charge in [0.05, 0.1) is 0 Å². The molecule has 0 spiro atoms. The third-order valence-electron chi connectivity index (χ3n) is 2.54. The maximum atomic E-state index is 6.11. The van der Waals surface area contributed by atoms with E-state index in [1.54, 1.807) is 0 Å². The first-order valence-electron chi connectivity index (χ1n) is 5.59. The molecule has 0 aliphatic rings. The fourth-order valence-corrected chi connectivity index (χ4v) is 1.67. The number of nitrogens with zero attached hydrogens (tertiary/aromatic N) is 1. The molecular formula is C13H21ClN2. The minimum atomic E-state index is -0.102. The fourth-order valence-electron chi connectivity index (χ4n) is 1.48. The van der Waals surface area contributed by atoms with Gasteiger partial charge in [-0.1, -0.05) is 29.8 Å². The van der Waals surface area contributed by atoms with Gasteiger partial charge in [-0.2, -0.15) is 0 Å². The number of rotatable bonds is 5. The summed E-state index contributed by atoms with van der Waals surface area (Å²) in [5, 5.41) is 0.835. The van der Waals surface area contributed by atoms with Gasteiger partial charge >= 0.3 is 0 Å². The summed E-state index contributed by atoms with van der Waals surface area (Å²) in [5.74, 6) is 0. The van der Waals surface area contributed by atoms with Crippen LogP contribution in [0.5, 0.6) is 0 Å². The Morgan fingerprint density at radius 1 is 1.31 bits per heavy atom. The largest absolute Gasteiger partial charge is 0.326 e. The van der Waals surface area contributed by atoms with Crippen molar-refractivity contribution >= 4 is 11.6 Å². The van der Waals surface area contributed by atoms with Crippen molar-refractivity contribution in [3.05, 3.63) is 34.9 Å². The van der Waals surface area contributed by atoms with Gasteiger partial charge in [-0.15, -0.1) is 0 Å². The van der Waals surface area contributed by atoms with Gasteiger partial charge in [-0.05, 0) is 45.5 Å². The second kappa shape index (κ2) is 5.67. The summed E-state index contributed by atoms with van der Waals surface area (Å²) in [6.45, 7) is 5.96. The first-order valence-corrected chi connectivity index (χ1v) is 5.97. The van der Waals surface area contributed by atoms with Crippen molar-refractivity contribution in [2.24, 2.45) is 5.73 Å². The summed E-state index contributed by atoms with van der Waals surface area (Å²) in [6, 6.07) is 7.96. The van der Waals surface area contributed by atoms with E-state index in [1.807, 2.05) is 18.2 Å². The van der Waals surface area contributed by atoms with Crippen molar-refractivity contribution < 1.29 is 0 Å². The molecule has 3 heteroatoms. The number of halogens is 1. The molecule has 0 radical (unpaired) electrons. The van der Waals surface area contributed by atoms with E-state index in [0.29, 0.717) is 0 Å². The zero-order valence-corrected chi connectivity index (χ0v) is 11.1. The second-order valence-corrected chi connectivity index (χ2v) is 5.47. The average Bonchev–Trinajstić information content (AvgIpc) is 2.18. The minimum Gasteiger partial charge on any atom is -0.326 e. The first kappa shape index (κ1) is 13.5. The van der Waals surface area contributed by atoms with Crippen LogP contribution in [0.2, 0.25) is 5.02 Å². The molecule has 0 heterocycles. The molecule has 0 bridgehead atoms. The van der Waals surface area contributed by atoms with Gasteiger partial charge in [0.25, 0.3) is 0 Å². The number of nitrogens with two attached hydrogens (primary N) is 1. The number of hydrogen-bond acceptors (Lipinski definition) is 2. The Morgan fingerprint density at radius 2 is 1.94 bits per heavy atom. The van der Waals surface area contributed by atoms with Crippen LogP contribution in [0.1, 0.15) is 25.8 Å². The molecule has 0 saturated heterocycles. The van der Waals surface area contributed by atoms with Crippen molar-refractivity contribution in [2.75, 3.05) is 13.6 Å². The molecule has 1 rings (SSSR count). The Hall–Kier alpha value is -0.570. The Morgan fingerprint density at radius 3 is 2.50 bits per heavy atom. The number of benzene rings is 1. The van der Waals surface area contributed by atoms with Crippen LogP contribution in [-0.4, -0.2) is 24.0 Å². The topological polar surface area (TPSA) is 29.3 Å². The van der Waals surface area contributed by atoms with Gasteiger partial charge in [-0.25, -0.2) is 0 Å². The van der Waals surface area contributed by atoms with Crippen LogP contribution >= 0.6 is 11.6 Å². The molecular weight excluding hydrogens is 220 g/mol. The predicted molar refractivity (Wildman–Crippen MR) is 70.7 cm³/mol. The Labute approximate surface area is 103 Å². The van der Waals surface area contributed by atoms with E-state index in [1.165, 1.54) is 5.56 Å². The minimum absolute atomic E-state index is 0.102. The monoisotopic (exact) mass is 240 g/mol. The maximum Gasteiger partial charge on any atom is 0.0451 e. The molecule has 1 aromatic carbocycles. The Bertz CT molecular complexity index is 331. The first-order chi connectivity index (χ1) is 7.38. The molecule has 0 atom stereocenters. The predicted octanol–water partition coefficient (Wildman–Crippen LogP) is 2.90. The van der Waals surface area contributed by atoms with Gasteiger partial charge in [0.2, 0.25) is 0 Å². The highest BCUT2D eigenvalue weighted by molar-refractivity contribution is 6.31. The lowest BCUT2D eigenvalue weighted by atomic mass is 10.0. The van der Waals surface area contributed by atoms with Crippen molar-refractivity contribution in [1.82, 2.24) is 4.90 Å². The summed E-state index contributed by atoms with van der Waals surface area (Å²) in [5.41, 5.74) is 7.02. The van der Waals surface area contributed by atoms with Gasteiger partial charge in [0.15, 0.2) is 0 Å². The van der Waals surface area contributed by atoms with Crippen LogP contribution in [0.3, 0.4) is 0 Å². The van der Waals surface area contributed by atoms with Gasteiger partial charge < -0.3 is 10.6 Å². The lowest BCUT2D eigenvalue weighted by Gasteiger charge is -2.23. The molecule has 2 nitrogen and oxygen atoms in total. The Kier molecular flexibility index (Phi) is 4.78. The molecule has 90 valence electrons. The smallest absolute Gasteiger partial charge is 0.0451 e. The summed E-state index contributed by atoms with van der Waals surface area (Å²) in [6.07, 6.45) is 0.980. The molecule has 16 heavy (non-hydrogen) atoms. The van der Waals surface area contributed by atoms with E-state index in [4.69, 9.17) is 17.3 Å². The lowest BCUT2D eigenvalue weighted by Crippen LogP contribution is -2.36. The van der Waals surface area contributed by atoms with Gasteiger partial charge in [0.1, 0.15) is 0 Å². The normalized spacial score (nSPS) is 12.1. The van der Waals surface area contributed by atoms with Crippen molar-refractivity contribution in [3.63, 3.8) is 0 Å². The quantitative estimate of drug-likeness (QED) is 0.858. The zero-order valence-electron chi connectivity index (χ0n) is 10.3. The summed E-state index contributed by atoms with van der Waals surface area (Å²) in [4.78, 5) is 2.25. The third kappa shape index (κ3) is 4.97. The summed E-state index contributed by atoms with van der Waals surface area (Å²) in [7, 11) is 2.09. The maximum absolute atomic E-state index is 6.11. The van der Waals surface area contributed by atoms with Crippen molar-refractivity contribution in [3.8, 4) is 0 Å². The van der Waals surface area contributed by atoms with Crippen LogP contribution in [-0.2, 0) is 6.54 Å². The molecule has 0 aromatic heterocycles. The van der Waals surface area contributed by atoms with Gasteiger partial charge in [0, 0.05) is 17.1 Å². The molecule has 0 fully saturated rings. The van der Waals surface area contributed by atoms with E-state index in [9.17, 15) is 0 Å². The molecule has 0 amide bonds. The van der Waals surface area contributed by atoms with Gasteiger partial charge in [-0.3, -0.25) is 0 Å². The average molecular weight is 241 g/mol. The third-order valence-corrected chi connectivity index (χ3v) is 2.90. The zero-order chi connectivity index (χ0) is 12.2. The highest BCUT2D eigenvalue weighted by Crippen LogP contribution is 2.16. The summed E-state index contributed by atoms with van der Waals surface area (Å²) >= 11 is 6.11. The van der Waals surface area contributed by atoms with Crippen LogP contribution in [0.15, 0.2) is 24.3 Å². The lowest BCUT2D eigenvalue weighted by molar-refractivity contribution is 0.289. The molecule has 2 N–H and O–H groups in total. The van der Waals surface area contributed by atoms with Crippen molar-refractivity contribution in [2.45, 2.75) is 32.4 Å². The molecule has 0 unspecified atom stereocenters. The van der Waals surface area contributed by atoms with Crippen LogP contribution < -0.4 is 5.73 Å². The highest BCUT2D eigenvalue weighted by Gasteiger charge is 2.12. The van der Waals surface area contributed by atoms with E-state index >= 15 is 0 Å².